The number of piperidine rings is 1. The summed E-state index contributed by atoms with van der Waals surface area (Å²) in [6, 6.07) is 6.40. The highest BCUT2D eigenvalue weighted by Gasteiger charge is 2.29. The highest BCUT2D eigenvalue weighted by atomic mass is 19.1. The van der Waals surface area contributed by atoms with Crippen molar-refractivity contribution in [1.29, 1.82) is 0 Å². The van der Waals surface area contributed by atoms with E-state index in [1.54, 1.807) is 17.2 Å². The van der Waals surface area contributed by atoms with E-state index >= 15 is 0 Å². The van der Waals surface area contributed by atoms with E-state index < -0.39 is 0 Å². The molecule has 1 aliphatic heterocycles. The smallest absolute Gasteiger partial charge is 0.225 e. The van der Waals surface area contributed by atoms with Gasteiger partial charge in [-0.1, -0.05) is 12.1 Å². The van der Waals surface area contributed by atoms with E-state index in [2.05, 4.69) is 10.4 Å². The van der Waals surface area contributed by atoms with Gasteiger partial charge in [-0.05, 0) is 37.5 Å². The third kappa shape index (κ3) is 5.15. The number of hydrogen-bond donors (Lipinski definition) is 1. The summed E-state index contributed by atoms with van der Waals surface area (Å²) in [5.74, 6) is -0.472. The molecule has 0 bridgehead atoms. The topological polar surface area (TPSA) is 67.2 Å². The molecule has 2 heterocycles. The summed E-state index contributed by atoms with van der Waals surface area (Å²) >= 11 is 0. The van der Waals surface area contributed by atoms with E-state index in [0.29, 0.717) is 38.9 Å². The molecular formula is C20H25FN4O2. The molecule has 0 radical (unpaired) electrons. The first-order valence-electron chi connectivity index (χ1n) is 9.36. The van der Waals surface area contributed by atoms with Crippen LogP contribution >= 0.6 is 0 Å². The molecule has 7 heteroatoms. The van der Waals surface area contributed by atoms with Gasteiger partial charge in [0.2, 0.25) is 11.8 Å². The van der Waals surface area contributed by atoms with Crippen molar-refractivity contribution in [2.45, 2.75) is 39.3 Å². The minimum absolute atomic E-state index is 0.0393. The van der Waals surface area contributed by atoms with Crippen molar-refractivity contribution < 1.29 is 14.0 Å². The van der Waals surface area contributed by atoms with Crippen LogP contribution in [0, 0.1) is 11.7 Å². The summed E-state index contributed by atoms with van der Waals surface area (Å²) in [7, 11) is 0. The third-order valence-corrected chi connectivity index (χ3v) is 4.91. The monoisotopic (exact) mass is 372 g/mol. The maximum atomic E-state index is 13.3. The van der Waals surface area contributed by atoms with Crippen LogP contribution in [0.15, 0.2) is 36.7 Å². The van der Waals surface area contributed by atoms with Crippen LogP contribution in [-0.2, 0) is 29.1 Å². The van der Waals surface area contributed by atoms with Crippen molar-refractivity contribution >= 4 is 11.8 Å². The molecule has 2 amide bonds. The van der Waals surface area contributed by atoms with Gasteiger partial charge in [-0.15, -0.1) is 0 Å². The normalized spacial score (nSPS) is 17.2. The average Bonchev–Trinajstić information content (AvgIpc) is 3.13. The van der Waals surface area contributed by atoms with Crippen molar-refractivity contribution in [2.75, 3.05) is 13.1 Å². The Morgan fingerprint density at radius 2 is 2.22 bits per heavy atom. The molecule has 2 aromatic rings. The minimum atomic E-state index is -0.277. The lowest BCUT2D eigenvalue weighted by Crippen LogP contribution is -2.46. The zero-order chi connectivity index (χ0) is 19.2. The fourth-order valence-electron chi connectivity index (χ4n) is 3.31. The van der Waals surface area contributed by atoms with Gasteiger partial charge in [0.15, 0.2) is 0 Å². The first kappa shape index (κ1) is 19.1. The van der Waals surface area contributed by atoms with Gasteiger partial charge < -0.3 is 10.2 Å². The van der Waals surface area contributed by atoms with E-state index in [1.807, 2.05) is 23.9 Å². The number of amides is 2. The van der Waals surface area contributed by atoms with E-state index in [4.69, 9.17) is 0 Å². The molecule has 144 valence electrons. The van der Waals surface area contributed by atoms with Gasteiger partial charge in [-0.2, -0.15) is 5.10 Å². The maximum Gasteiger partial charge on any atom is 0.225 e. The Balaban J connectivity index is 1.50. The fourth-order valence-corrected chi connectivity index (χ4v) is 3.31. The zero-order valence-corrected chi connectivity index (χ0v) is 15.5. The Kier molecular flexibility index (Phi) is 6.21. The second-order valence-electron chi connectivity index (χ2n) is 6.88. The molecule has 3 rings (SSSR count). The highest BCUT2D eigenvalue weighted by molar-refractivity contribution is 5.83. The summed E-state index contributed by atoms with van der Waals surface area (Å²) in [4.78, 5) is 26.4. The Morgan fingerprint density at radius 3 is 2.96 bits per heavy atom. The molecule has 0 aliphatic carbocycles. The minimum Gasteiger partial charge on any atom is -0.352 e. The van der Waals surface area contributed by atoms with Crippen LogP contribution in [0.1, 0.15) is 30.9 Å². The summed E-state index contributed by atoms with van der Waals surface area (Å²) in [6.45, 7) is 4.14. The van der Waals surface area contributed by atoms with E-state index in [9.17, 15) is 14.0 Å². The predicted octanol–water partition coefficient (Wildman–Crippen LogP) is 2.14. The van der Waals surface area contributed by atoms with Crippen molar-refractivity contribution in [3.05, 3.63) is 53.6 Å². The first-order chi connectivity index (χ1) is 13.0. The lowest BCUT2D eigenvalue weighted by molar-refractivity contribution is -0.138. The summed E-state index contributed by atoms with van der Waals surface area (Å²) < 4.78 is 15.1. The van der Waals surface area contributed by atoms with E-state index in [0.717, 1.165) is 17.7 Å². The lowest BCUT2D eigenvalue weighted by Gasteiger charge is -2.32. The van der Waals surface area contributed by atoms with Crippen LogP contribution < -0.4 is 5.32 Å². The molecule has 1 aromatic heterocycles. The van der Waals surface area contributed by atoms with Gasteiger partial charge in [0.1, 0.15) is 5.82 Å². The van der Waals surface area contributed by atoms with E-state index in [-0.39, 0.29) is 23.5 Å². The van der Waals surface area contributed by atoms with Gasteiger partial charge in [0, 0.05) is 44.4 Å². The van der Waals surface area contributed by atoms with Gasteiger partial charge in [0.05, 0.1) is 12.1 Å². The molecule has 27 heavy (non-hydrogen) atoms. The van der Waals surface area contributed by atoms with Crippen molar-refractivity contribution in [3.63, 3.8) is 0 Å². The second-order valence-corrected chi connectivity index (χ2v) is 6.88. The number of halogens is 1. The number of benzene rings is 1. The van der Waals surface area contributed by atoms with Crippen LogP contribution in [0.3, 0.4) is 0 Å². The quantitative estimate of drug-likeness (QED) is 0.810. The molecule has 1 N–H and O–H groups in total. The summed E-state index contributed by atoms with van der Waals surface area (Å²) in [5.41, 5.74) is 1.81. The standard InChI is InChI=1S/C20H25FN4O2/c1-2-25-13-16(12-23-25)11-22-20(27)17-6-7-19(26)24(14-17)9-8-15-4-3-5-18(21)10-15/h3-5,10,12-13,17H,2,6-9,11,14H2,1H3,(H,22,27)/t17-/m0/s1. The van der Waals surface area contributed by atoms with E-state index in [1.165, 1.54) is 12.1 Å². The van der Waals surface area contributed by atoms with Crippen LogP contribution in [0.2, 0.25) is 0 Å². The molecule has 0 unspecified atom stereocenters. The highest BCUT2D eigenvalue weighted by Crippen LogP contribution is 2.19. The van der Waals surface area contributed by atoms with Crippen LogP contribution in [0.5, 0.6) is 0 Å². The molecular weight excluding hydrogens is 347 g/mol. The number of aryl methyl sites for hydroxylation is 1. The summed E-state index contributed by atoms with van der Waals surface area (Å²) in [5, 5.41) is 7.14. The van der Waals surface area contributed by atoms with Crippen molar-refractivity contribution in [1.82, 2.24) is 20.0 Å². The Bertz CT molecular complexity index is 805. The lowest BCUT2D eigenvalue weighted by atomic mass is 9.96. The van der Waals surface area contributed by atoms with Crippen molar-refractivity contribution in [2.24, 2.45) is 5.92 Å². The van der Waals surface area contributed by atoms with Crippen LogP contribution in [0.4, 0.5) is 4.39 Å². The molecule has 1 atom stereocenters. The van der Waals surface area contributed by atoms with Gasteiger partial charge in [-0.3, -0.25) is 14.3 Å². The number of carbonyl (C=O) groups is 2. The third-order valence-electron chi connectivity index (χ3n) is 4.91. The number of carbonyl (C=O) groups excluding carboxylic acids is 2. The van der Waals surface area contributed by atoms with Crippen LogP contribution in [0.25, 0.3) is 0 Å². The number of hydrogen-bond acceptors (Lipinski definition) is 3. The van der Waals surface area contributed by atoms with Gasteiger partial charge in [0.25, 0.3) is 0 Å². The number of nitrogens with zero attached hydrogens (tertiary/aromatic N) is 3. The Labute approximate surface area is 158 Å². The molecule has 1 saturated heterocycles. The molecule has 1 aliphatic rings. The molecule has 1 aromatic carbocycles. The van der Waals surface area contributed by atoms with Crippen LogP contribution in [-0.4, -0.2) is 39.6 Å². The Hall–Kier alpha value is -2.70. The first-order valence-corrected chi connectivity index (χ1v) is 9.36. The number of rotatable bonds is 7. The molecule has 1 fully saturated rings. The average molecular weight is 372 g/mol. The number of nitrogens with one attached hydrogen (secondary N) is 1. The summed E-state index contributed by atoms with van der Waals surface area (Å²) in [6.07, 6.45) is 5.17. The fraction of sp³-hybridized carbons (Fsp3) is 0.450. The largest absolute Gasteiger partial charge is 0.352 e. The zero-order valence-electron chi connectivity index (χ0n) is 15.5. The second kappa shape index (κ2) is 8.79. The SMILES string of the molecule is CCn1cc(CNC(=O)[C@H]2CCC(=O)N(CCc3cccc(F)c3)C2)cn1. The van der Waals surface area contributed by atoms with Gasteiger partial charge in [-0.25, -0.2) is 4.39 Å². The Morgan fingerprint density at radius 1 is 1.37 bits per heavy atom. The molecule has 0 spiro atoms. The van der Waals surface area contributed by atoms with Gasteiger partial charge >= 0.3 is 0 Å². The maximum absolute atomic E-state index is 13.3. The molecule has 6 nitrogen and oxygen atoms in total. The molecule has 0 saturated carbocycles. The number of aromatic nitrogens is 2. The number of likely N-dealkylation sites (tertiary alicyclic amines) is 1. The van der Waals surface area contributed by atoms with Crippen molar-refractivity contribution in [3.8, 4) is 0 Å². The predicted molar refractivity (Wildman–Crippen MR) is 99.2 cm³/mol.